The van der Waals surface area contributed by atoms with E-state index in [1.807, 2.05) is 6.07 Å². The monoisotopic (exact) mass is 315 g/mol. The molecule has 3 heteroatoms. The van der Waals surface area contributed by atoms with Gasteiger partial charge in [-0.25, -0.2) is 0 Å². The second-order valence-electron chi connectivity index (χ2n) is 3.93. The molecule has 1 N–H and O–H groups in total. The number of carbonyl (C=O) groups is 1. The Kier molecular flexibility index (Phi) is 3.29. The highest BCUT2D eigenvalue weighted by Crippen LogP contribution is 2.34. The van der Waals surface area contributed by atoms with Crippen molar-refractivity contribution in [2.24, 2.45) is 0 Å². The van der Waals surface area contributed by atoms with Crippen molar-refractivity contribution >= 4 is 28.5 Å². The molecule has 1 aromatic carbocycles. The van der Waals surface area contributed by atoms with Gasteiger partial charge in [-0.1, -0.05) is 46.9 Å². The van der Waals surface area contributed by atoms with Crippen LogP contribution >= 0.6 is 22.6 Å². The summed E-state index contributed by atoms with van der Waals surface area (Å²) in [6.45, 7) is 1.58. The standard InChI is InChI=1S/C12H14INO/c1-8(15)14-12-10-5-3-2-4-9(10)6-7-11(12)13/h2-5,11-12H,6-7H2,1H3,(H,14,15)/t11-,12+/m0/s1. The van der Waals surface area contributed by atoms with E-state index in [1.165, 1.54) is 11.1 Å². The first-order chi connectivity index (χ1) is 7.18. The third-order valence-corrected chi connectivity index (χ3v) is 4.14. The van der Waals surface area contributed by atoms with Gasteiger partial charge in [-0.05, 0) is 24.0 Å². The van der Waals surface area contributed by atoms with Crippen molar-refractivity contribution in [3.05, 3.63) is 35.4 Å². The zero-order chi connectivity index (χ0) is 10.8. The molecule has 1 aromatic rings. The first-order valence-corrected chi connectivity index (χ1v) is 6.42. The van der Waals surface area contributed by atoms with Crippen molar-refractivity contribution < 1.29 is 4.79 Å². The summed E-state index contributed by atoms with van der Waals surface area (Å²) < 4.78 is 0.501. The molecular formula is C12H14INO. The van der Waals surface area contributed by atoms with Crippen molar-refractivity contribution in [2.75, 3.05) is 0 Å². The van der Waals surface area contributed by atoms with Crippen molar-refractivity contribution in [3.8, 4) is 0 Å². The Bertz CT molecular complexity index is 378. The van der Waals surface area contributed by atoms with Crippen LogP contribution in [0.15, 0.2) is 24.3 Å². The average Bonchev–Trinajstić information content (AvgIpc) is 2.22. The predicted octanol–water partition coefficient (Wildman–Crippen LogP) is 2.61. The minimum absolute atomic E-state index is 0.0540. The molecule has 1 aliphatic carbocycles. The van der Waals surface area contributed by atoms with Crippen LogP contribution < -0.4 is 5.32 Å². The van der Waals surface area contributed by atoms with E-state index in [2.05, 4.69) is 46.1 Å². The van der Waals surface area contributed by atoms with Gasteiger partial charge in [-0.3, -0.25) is 4.79 Å². The summed E-state index contributed by atoms with van der Waals surface area (Å²) in [5, 5.41) is 3.04. The number of amides is 1. The molecular weight excluding hydrogens is 301 g/mol. The van der Waals surface area contributed by atoms with Crippen LogP contribution in [-0.2, 0) is 11.2 Å². The molecule has 2 rings (SSSR count). The highest BCUT2D eigenvalue weighted by atomic mass is 127. The molecule has 2 nitrogen and oxygen atoms in total. The summed E-state index contributed by atoms with van der Waals surface area (Å²) in [6, 6.07) is 8.58. The molecule has 15 heavy (non-hydrogen) atoms. The number of hydrogen-bond donors (Lipinski definition) is 1. The average molecular weight is 315 g/mol. The molecule has 0 unspecified atom stereocenters. The molecule has 0 fully saturated rings. The molecule has 0 bridgehead atoms. The lowest BCUT2D eigenvalue weighted by Gasteiger charge is -2.30. The maximum Gasteiger partial charge on any atom is 0.217 e. The third kappa shape index (κ3) is 2.33. The van der Waals surface area contributed by atoms with Crippen molar-refractivity contribution in [1.29, 1.82) is 0 Å². The fraction of sp³-hybridized carbons (Fsp3) is 0.417. The van der Waals surface area contributed by atoms with E-state index in [0.29, 0.717) is 3.92 Å². The van der Waals surface area contributed by atoms with Gasteiger partial charge in [0.25, 0.3) is 0 Å². The van der Waals surface area contributed by atoms with Crippen LogP contribution in [-0.4, -0.2) is 9.83 Å². The molecule has 1 amide bonds. The number of carbonyl (C=O) groups excluding carboxylic acids is 1. The smallest absolute Gasteiger partial charge is 0.217 e. The van der Waals surface area contributed by atoms with Gasteiger partial charge in [0, 0.05) is 10.8 Å². The Hall–Kier alpha value is -0.580. The lowest BCUT2D eigenvalue weighted by Crippen LogP contribution is -2.35. The van der Waals surface area contributed by atoms with E-state index in [1.54, 1.807) is 6.92 Å². The van der Waals surface area contributed by atoms with Gasteiger partial charge in [0.15, 0.2) is 0 Å². The molecule has 80 valence electrons. The summed E-state index contributed by atoms with van der Waals surface area (Å²) >= 11 is 2.43. The number of alkyl halides is 1. The second kappa shape index (κ2) is 4.51. The zero-order valence-corrected chi connectivity index (χ0v) is 10.8. The van der Waals surface area contributed by atoms with Crippen LogP contribution in [0.1, 0.15) is 30.5 Å². The van der Waals surface area contributed by atoms with Crippen LogP contribution in [0.3, 0.4) is 0 Å². The van der Waals surface area contributed by atoms with Crippen molar-refractivity contribution in [2.45, 2.75) is 29.7 Å². The largest absolute Gasteiger partial charge is 0.348 e. The number of aryl methyl sites for hydroxylation is 1. The summed E-state index contributed by atoms with van der Waals surface area (Å²) in [6.07, 6.45) is 2.27. The van der Waals surface area contributed by atoms with E-state index in [4.69, 9.17) is 0 Å². The van der Waals surface area contributed by atoms with Gasteiger partial charge < -0.3 is 5.32 Å². The van der Waals surface area contributed by atoms with E-state index < -0.39 is 0 Å². The van der Waals surface area contributed by atoms with Crippen LogP contribution in [0.4, 0.5) is 0 Å². The molecule has 2 atom stereocenters. The van der Waals surface area contributed by atoms with Crippen LogP contribution in [0, 0.1) is 0 Å². The Labute approximate surface area is 104 Å². The number of benzene rings is 1. The van der Waals surface area contributed by atoms with E-state index in [-0.39, 0.29) is 11.9 Å². The van der Waals surface area contributed by atoms with Gasteiger partial charge in [-0.15, -0.1) is 0 Å². The van der Waals surface area contributed by atoms with Crippen LogP contribution in [0.5, 0.6) is 0 Å². The normalized spacial score (nSPS) is 24.4. The minimum atomic E-state index is 0.0540. The third-order valence-electron chi connectivity index (χ3n) is 2.80. The SMILES string of the molecule is CC(=O)N[C@@H]1c2ccccc2CC[C@@H]1I. The molecule has 0 spiro atoms. The maximum atomic E-state index is 11.2. The Morgan fingerprint density at radius 1 is 1.47 bits per heavy atom. The molecule has 0 aliphatic heterocycles. The lowest BCUT2D eigenvalue weighted by atomic mass is 9.88. The van der Waals surface area contributed by atoms with Gasteiger partial charge in [0.05, 0.1) is 6.04 Å². The fourth-order valence-corrected chi connectivity index (χ4v) is 2.99. The number of halogens is 1. The topological polar surface area (TPSA) is 29.1 Å². The summed E-state index contributed by atoms with van der Waals surface area (Å²) in [7, 11) is 0. The quantitative estimate of drug-likeness (QED) is 0.626. The van der Waals surface area contributed by atoms with E-state index in [0.717, 1.165) is 12.8 Å². The van der Waals surface area contributed by atoms with Gasteiger partial charge in [0.2, 0.25) is 5.91 Å². The molecule has 0 radical (unpaired) electrons. The van der Waals surface area contributed by atoms with Gasteiger partial charge in [0.1, 0.15) is 0 Å². The molecule has 0 heterocycles. The molecule has 0 aromatic heterocycles. The minimum Gasteiger partial charge on any atom is -0.348 e. The van der Waals surface area contributed by atoms with Crippen LogP contribution in [0.2, 0.25) is 0 Å². The Morgan fingerprint density at radius 2 is 2.20 bits per heavy atom. The van der Waals surface area contributed by atoms with Crippen molar-refractivity contribution in [1.82, 2.24) is 5.32 Å². The van der Waals surface area contributed by atoms with Gasteiger partial charge >= 0.3 is 0 Å². The first kappa shape index (κ1) is 10.9. The molecule has 0 saturated carbocycles. The lowest BCUT2D eigenvalue weighted by molar-refractivity contribution is -0.119. The highest BCUT2D eigenvalue weighted by Gasteiger charge is 2.27. The number of hydrogen-bond acceptors (Lipinski definition) is 1. The van der Waals surface area contributed by atoms with Crippen LogP contribution in [0.25, 0.3) is 0 Å². The Balaban J connectivity index is 2.32. The summed E-state index contributed by atoms with van der Waals surface area (Å²) in [5.74, 6) is 0.0540. The predicted molar refractivity (Wildman–Crippen MR) is 69.1 cm³/mol. The maximum absolute atomic E-state index is 11.2. The van der Waals surface area contributed by atoms with E-state index in [9.17, 15) is 4.79 Å². The number of nitrogens with one attached hydrogen (secondary N) is 1. The Morgan fingerprint density at radius 3 is 2.93 bits per heavy atom. The number of fused-ring (bicyclic) bond motifs is 1. The summed E-state index contributed by atoms with van der Waals surface area (Å²) in [4.78, 5) is 11.2. The van der Waals surface area contributed by atoms with Crippen molar-refractivity contribution in [3.63, 3.8) is 0 Å². The zero-order valence-electron chi connectivity index (χ0n) is 8.66. The first-order valence-electron chi connectivity index (χ1n) is 5.17. The second-order valence-corrected chi connectivity index (χ2v) is 5.53. The fourth-order valence-electron chi connectivity index (χ4n) is 2.11. The molecule has 0 saturated heterocycles. The number of rotatable bonds is 1. The van der Waals surface area contributed by atoms with E-state index >= 15 is 0 Å². The van der Waals surface area contributed by atoms with Gasteiger partial charge in [-0.2, -0.15) is 0 Å². The molecule has 1 aliphatic rings. The summed E-state index contributed by atoms with van der Waals surface area (Å²) in [5.41, 5.74) is 2.67. The highest BCUT2D eigenvalue weighted by molar-refractivity contribution is 14.1.